The fourth-order valence-corrected chi connectivity index (χ4v) is 1.29. The molecule has 0 aromatic carbocycles. The number of nitrogens with two attached hydrogens (primary N) is 1. The highest BCUT2D eigenvalue weighted by Gasteiger charge is 2.08. The molecule has 0 aromatic rings. The molecule has 0 aliphatic heterocycles. The van der Waals surface area contributed by atoms with Crippen LogP contribution in [0.4, 0.5) is 0 Å². The average Bonchev–Trinajstić information content (AvgIpc) is 1.84. The predicted molar refractivity (Wildman–Crippen MR) is 50.3 cm³/mol. The van der Waals surface area contributed by atoms with Crippen LogP contribution >= 0.6 is 0 Å². The van der Waals surface area contributed by atoms with E-state index in [1.807, 2.05) is 6.92 Å². The largest absolute Gasteiger partial charge is 0.316 e. The second kappa shape index (κ2) is 5.56. The maximum absolute atomic E-state index is 5.63. The van der Waals surface area contributed by atoms with Crippen molar-refractivity contribution in [2.75, 3.05) is 0 Å². The molecule has 0 bridgehead atoms. The zero-order valence-electron chi connectivity index (χ0n) is 8.22. The predicted octanol–water partition coefficient (Wildman–Crippen LogP) is 1.71. The van der Waals surface area contributed by atoms with Gasteiger partial charge in [0.2, 0.25) is 0 Å². The fraction of sp³-hybridized carbons (Fsp3) is 1.00. The molecular formula is C9H22N2. The van der Waals surface area contributed by atoms with E-state index in [-0.39, 0.29) is 6.17 Å². The van der Waals surface area contributed by atoms with Crippen LogP contribution in [0.15, 0.2) is 0 Å². The van der Waals surface area contributed by atoms with Crippen LogP contribution in [0, 0.1) is 5.92 Å². The Hall–Kier alpha value is -0.0800. The molecule has 0 fully saturated rings. The molecule has 0 amide bonds. The van der Waals surface area contributed by atoms with Crippen LogP contribution in [-0.2, 0) is 0 Å². The maximum Gasteiger partial charge on any atom is 0.0519 e. The van der Waals surface area contributed by atoms with Crippen LogP contribution in [0.25, 0.3) is 0 Å². The number of nitrogens with one attached hydrogen (secondary N) is 1. The quantitative estimate of drug-likeness (QED) is 0.598. The van der Waals surface area contributed by atoms with Gasteiger partial charge in [0, 0.05) is 6.04 Å². The third-order valence-electron chi connectivity index (χ3n) is 1.75. The highest BCUT2D eigenvalue weighted by molar-refractivity contribution is 4.68. The summed E-state index contributed by atoms with van der Waals surface area (Å²) in [5, 5.41) is 3.34. The second-order valence-corrected chi connectivity index (χ2v) is 3.69. The molecule has 68 valence electrons. The first kappa shape index (κ1) is 10.9. The lowest BCUT2D eigenvalue weighted by Crippen LogP contribution is -2.42. The van der Waals surface area contributed by atoms with E-state index in [0.717, 1.165) is 5.92 Å². The maximum atomic E-state index is 5.63. The van der Waals surface area contributed by atoms with E-state index >= 15 is 0 Å². The second-order valence-electron chi connectivity index (χ2n) is 3.69. The van der Waals surface area contributed by atoms with E-state index < -0.39 is 0 Å². The molecule has 0 radical (unpaired) electrons. The van der Waals surface area contributed by atoms with Crippen molar-refractivity contribution in [2.24, 2.45) is 11.7 Å². The van der Waals surface area contributed by atoms with Crippen molar-refractivity contribution in [3.8, 4) is 0 Å². The van der Waals surface area contributed by atoms with Crippen LogP contribution in [0.3, 0.4) is 0 Å². The average molecular weight is 158 g/mol. The summed E-state index contributed by atoms with van der Waals surface area (Å²) in [7, 11) is 0. The van der Waals surface area contributed by atoms with Crippen molar-refractivity contribution in [3.05, 3.63) is 0 Å². The minimum absolute atomic E-state index is 0.124. The number of rotatable bonds is 5. The lowest BCUT2D eigenvalue weighted by molar-refractivity contribution is 0.376. The summed E-state index contributed by atoms with van der Waals surface area (Å²) in [5.41, 5.74) is 5.63. The summed E-state index contributed by atoms with van der Waals surface area (Å²) < 4.78 is 0. The zero-order valence-corrected chi connectivity index (χ0v) is 8.22. The van der Waals surface area contributed by atoms with Crippen molar-refractivity contribution in [1.29, 1.82) is 0 Å². The van der Waals surface area contributed by atoms with E-state index in [1.54, 1.807) is 0 Å². The van der Waals surface area contributed by atoms with Crippen molar-refractivity contribution in [2.45, 2.75) is 52.7 Å². The first-order valence-electron chi connectivity index (χ1n) is 4.57. The van der Waals surface area contributed by atoms with Crippen molar-refractivity contribution in [3.63, 3.8) is 0 Å². The van der Waals surface area contributed by atoms with Gasteiger partial charge in [0.15, 0.2) is 0 Å². The van der Waals surface area contributed by atoms with Gasteiger partial charge >= 0.3 is 0 Å². The number of hydrogen-bond acceptors (Lipinski definition) is 2. The van der Waals surface area contributed by atoms with Gasteiger partial charge in [0.05, 0.1) is 6.17 Å². The van der Waals surface area contributed by atoms with Crippen molar-refractivity contribution in [1.82, 2.24) is 5.32 Å². The Morgan fingerprint density at radius 3 is 2.09 bits per heavy atom. The van der Waals surface area contributed by atoms with E-state index in [9.17, 15) is 0 Å². The first-order chi connectivity index (χ1) is 5.06. The molecule has 2 heteroatoms. The first-order valence-corrected chi connectivity index (χ1v) is 4.57. The highest BCUT2D eigenvalue weighted by Crippen LogP contribution is 2.07. The molecule has 0 aliphatic carbocycles. The van der Waals surface area contributed by atoms with Crippen molar-refractivity contribution < 1.29 is 0 Å². The van der Waals surface area contributed by atoms with E-state index in [0.29, 0.717) is 6.04 Å². The summed E-state index contributed by atoms with van der Waals surface area (Å²) >= 11 is 0. The standard InChI is InChI=1S/C9H22N2/c1-5-9(6-7(2)3)11-8(4)10/h7-9,11H,5-6,10H2,1-4H3. The number of hydrogen-bond donors (Lipinski definition) is 2. The van der Waals surface area contributed by atoms with Gasteiger partial charge in [-0.3, -0.25) is 5.32 Å². The summed E-state index contributed by atoms with van der Waals surface area (Å²) in [6, 6.07) is 0.593. The molecule has 0 spiro atoms. The Labute approximate surface area is 70.5 Å². The molecular weight excluding hydrogens is 136 g/mol. The Morgan fingerprint density at radius 1 is 1.27 bits per heavy atom. The molecule has 2 unspecified atom stereocenters. The Balaban J connectivity index is 3.58. The summed E-state index contributed by atoms with van der Waals surface area (Å²) in [6.07, 6.45) is 2.51. The molecule has 0 aliphatic rings. The normalized spacial score (nSPS) is 16.9. The van der Waals surface area contributed by atoms with Gasteiger partial charge in [0.1, 0.15) is 0 Å². The zero-order chi connectivity index (χ0) is 8.85. The van der Waals surface area contributed by atoms with Crippen LogP contribution < -0.4 is 11.1 Å². The lowest BCUT2D eigenvalue weighted by Gasteiger charge is -2.21. The van der Waals surface area contributed by atoms with Gasteiger partial charge in [-0.1, -0.05) is 20.8 Å². The van der Waals surface area contributed by atoms with Crippen molar-refractivity contribution >= 4 is 0 Å². The van der Waals surface area contributed by atoms with Crippen LogP contribution in [0.2, 0.25) is 0 Å². The van der Waals surface area contributed by atoms with Crippen LogP contribution in [0.5, 0.6) is 0 Å². The van der Waals surface area contributed by atoms with Crippen LogP contribution in [-0.4, -0.2) is 12.2 Å². The van der Waals surface area contributed by atoms with E-state index in [4.69, 9.17) is 5.73 Å². The molecule has 2 nitrogen and oxygen atoms in total. The molecule has 2 atom stereocenters. The van der Waals surface area contributed by atoms with Gasteiger partial charge in [-0.2, -0.15) is 0 Å². The monoisotopic (exact) mass is 158 g/mol. The van der Waals surface area contributed by atoms with Gasteiger partial charge in [-0.05, 0) is 25.7 Å². The molecule has 0 saturated carbocycles. The molecule has 0 saturated heterocycles. The van der Waals surface area contributed by atoms with E-state index in [2.05, 4.69) is 26.1 Å². The van der Waals surface area contributed by atoms with Gasteiger partial charge in [-0.15, -0.1) is 0 Å². The lowest BCUT2D eigenvalue weighted by atomic mass is 10.0. The topological polar surface area (TPSA) is 38.0 Å². The SMILES string of the molecule is CCC(CC(C)C)NC(C)N. The molecule has 0 rings (SSSR count). The summed E-state index contributed by atoms with van der Waals surface area (Å²) in [6.45, 7) is 8.67. The Morgan fingerprint density at radius 2 is 1.82 bits per heavy atom. The third kappa shape index (κ3) is 6.32. The van der Waals surface area contributed by atoms with Gasteiger partial charge in [0.25, 0.3) is 0 Å². The van der Waals surface area contributed by atoms with Gasteiger partial charge in [-0.25, -0.2) is 0 Å². The van der Waals surface area contributed by atoms with E-state index in [1.165, 1.54) is 12.8 Å². The van der Waals surface area contributed by atoms with Crippen LogP contribution in [0.1, 0.15) is 40.5 Å². The minimum Gasteiger partial charge on any atom is -0.316 e. The Kier molecular flexibility index (Phi) is 5.51. The molecule has 11 heavy (non-hydrogen) atoms. The molecule has 3 N–H and O–H groups in total. The highest BCUT2D eigenvalue weighted by atomic mass is 15.0. The summed E-state index contributed by atoms with van der Waals surface area (Å²) in [4.78, 5) is 0. The smallest absolute Gasteiger partial charge is 0.0519 e. The Bertz CT molecular complexity index is 79.6. The molecule has 0 heterocycles. The van der Waals surface area contributed by atoms with Gasteiger partial charge < -0.3 is 5.73 Å². The summed E-state index contributed by atoms with van der Waals surface area (Å²) in [5.74, 6) is 0.756. The molecule has 0 aromatic heterocycles. The third-order valence-corrected chi connectivity index (χ3v) is 1.75. The fourth-order valence-electron chi connectivity index (χ4n) is 1.29. The minimum atomic E-state index is 0.124.